The Hall–Kier alpha value is -0.830. The highest BCUT2D eigenvalue weighted by molar-refractivity contribution is 5.24. The molecule has 3 nitrogen and oxygen atoms in total. The summed E-state index contributed by atoms with van der Waals surface area (Å²) < 4.78 is 0. The molecule has 0 radical (unpaired) electrons. The molecule has 14 heavy (non-hydrogen) atoms. The molecule has 0 bridgehead atoms. The topological polar surface area (TPSA) is 40.7 Å². The van der Waals surface area contributed by atoms with Crippen LogP contribution in [0.5, 0.6) is 0 Å². The molecule has 1 aromatic heterocycles. The van der Waals surface area contributed by atoms with Crippen molar-refractivity contribution in [3.05, 3.63) is 17.7 Å². The second kappa shape index (κ2) is 2.83. The van der Waals surface area contributed by atoms with E-state index < -0.39 is 0 Å². The second-order valence-corrected chi connectivity index (χ2v) is 4.89. The van der Waals surface area contributed by atoms with E-state index >= 15 is 0 Å². The standard InChI is InChI=1S/C11H17N3/c1-11(6-8-2-3-8)10-9(4-5-14-11)12-7-13-10/h7-8,14H,2-6H2,1H3,(H,12,13). The number of rotatable bonds is 2. The third-order valence-corrected chi connectivity index (χ3v) is 3.52. The van der Waals surface area contributed by atoms with Gasteiger partial charge in [-0.05, 0) is 19.3 Å². The van der Waals surface area contributed by atoms with Crippen LogP contribution in [0.4, 0.5) is 0 Å². The molecule has 1 aliphatic carbocycles. The van der Waals surface area contributed by atoms with E-state index in [2.05, 4.69) is 22.2 Å². The number of H-pyrrole nitrogens is 1. The van der Waals surface area contributed by atoms with Crippen LogP contribution in [0.2, 0.25) is 0 Å². The Morgan fingerprint density at radius 1 is 1.57 bits per heavy atom. The molecule has 1 fully saturated rings. The van der Waals surface area contributed by atoms with Gasteiger partial charge in [-0.2, -0.15) is 0 Å². The number of hydrogen-bond donors (Lipinski definition) is 2. The van der Waals surface area contributed by atoms with Crippen LogP contribution in [-0.2, 0) is 12.0 Å². The van der Waals surface area contributed by atoms with Gasteiger partial charge >= 0.3 is 0 Å². The molecule has 1 unspecified atom stereocenters. The molecule has 0 aromatic carbocycles. The van der Waals surface area contributed by atoms with Crippen molar-refractivity contribution in [1.82, 2.24) is 15.3 Å². The van der Waals surface area contributed by atoms with E-state index in [1.165, 1.54) is 30.7 Å². The molecule has 2 aliphatic rings. The van der Waals surface area contributed by atoms with Gasteiger partial charge in [0.15, 0.2) is 0 Å². The second-order valence-electron chi connectivity index (χ2n) is 4.89. The summed E-state index contributed by atoms with van der Waals surface area (Å²) in [5.41, 5.74) is 2.73. The Morgan fingerprint density at radius 3 is 3.21 bits per heavy atom. The molecule has 0 saturated heterocycles. The van der Waals surface area contributed by atoms with Gasteiger partial charge in [0, 0.05) is 18.7 Å². The molecule has 2 N–H and O–H groups in total. The summed E-state index contributed by atoms with van der Waals surface area (Å²) in [7, 11) is 0. The molecule has 0 spiro atoms. The van der Waals surface area contributed by atoms with E-state index in [1.807, 2.05) is 6.33 Å². The average Bonchev–Trinajstić information content (AvgIpc) is 2.82. The van der Waals surface area contributed by atoms with E-state index in [4.69, 9.17) is 0 Å². The highest BCUT2D eigenvalue weighted by Gasteiger charge is 2.38. The van der Waals surface area contributed by atoms with Crippen molar-refractivity contribution in [2.24, 2.45) is 5.92 Å². The average molecular weight is 191 g/mol. The molecule has 0 amide bonds. The highest BCUT2D eigenvalue weighted by Crippen LogP contribution is 2.41. The van der Waals surface area contributed by atoms with Crippen LogP contribution in [0.1, 0.15) is 37.6 Å². The zero-order valence-corrected chi connectivity index (χ0v) is 8.64. The largest absolute Gasteiger partial charge is 0.348 e. The molecule has 1 atom stereocenters. The summed E-state index contributed by atoms with van der Waals surface area (Å²) >= 11 is 0. The maximum Gasteiger partial charge on any atom is 0.0926 e. The predicted molar refractivity (Wildman–Crippen MR) is 55.0 cm³/mol. The Bertz CT molecular complexity index is 340. The fraction of sp³-hybridized carbons (Fsp3) is 0.727. The first-order valence-corrected chi connectivity index (χ1v) is 5.56. The van der Waals surface area contributed by atoms with Gasteiger partial charge in [0.25, 0.3) is 0 Å². The van der Waals surface area contributed by atoms with Gasteiger partial charge < -0.3 is 10.3 Å². The van der Waals surface area contributed by atoms with Crippen molar-refractivity contribution < 1.29 is 0 Å². The first-order valence-electron chi connectivity index (χ1n) is 5.56. The van der Waals surface area contributed by atoms with Crippen LogP contribution in [-0.4, -0.2) is 16.5 Å². The van der Waals surface area contributed by atoms with Crippen LogP contribution in [0.3, 0.4) is 0 Å². The van der Waals surface area contributed by atoms with Crippen LogP contribution in [0.25, 0.3) is 0 Å². The molecule has 1 aromatic rings. The molecule has 1 saturated carbocycles. The van der Waals surface area contributed by atoms with Crippen LogP contribution in [0, 0.1) is 5.92 Å². The maximum atomic E-state index is 4.47. The molecular weight excluding hydrogens is 174 g/mol. The number of aromatic amines is 1. The lowest BCUT2D eigenvalue weighted by Gasteiger charge is -2.34. The van der Waals surface area contributed by atoms with Gasteiger partial charge in [-0.25, -0.2) is 4.98 Å². The first kappa shape index (κ1) is 8.48. The predicted octanol–water partition coefficient (Wildman–Crippen LogP) is 1.57. The van der Waals surface area contributed by atoms with Crippen molar-refractivity contribution in [1.29, 1.82) is 0 Å². The van der Waals surface area contributed by atoms with Gasteiger partial charge in [-0.1, -0.05) is 12.8 Å². The summed E-state index contributed by atoms with van der Waals surface area (Å²) in [6.07, 6.45) is 7.01. The SMILES string of the molecule is CC1(CC2CC2)NCCc2[nH]cnc21. The lowest BCUT2D eigenvalue weighted by molar-refractivity contribution is 0.298. The number of hydrogen-bond acceptors (Lipinski definition) is 2. The van der Waals surface area contributed by atoms with Gasteiger partial charge in [-0.15, -0.1) is 0 Å². The number of imidazole rings is 1. The van der Waals surface area contributed by atoms with E-state index in [0.717, 1.165) is 18.9 Å². The van der Waals surface area contributed by atoms with Crippen LogP contribution < -0.4 is 5.32 Å². The summed E-state index contributed by atoms with van der Waals surface area (Å²) in [4.78, 5) is 7.73. The smallest absolute Gasteiger partial charge is 0.0926 e. The lowest BCUT2D eigenvalue weighted by atomic mass is 9.86. The van der Waals surface area contributed by atoms with Crippen molar-refractivity contribution in [2.45, 2.75) is 38.1 Å². The van der Waals surface area contributed by atoms with Crippen molar-refractivity contribution >= 4 is 0 Å². The molecule has 2 heterocycles. The molecule has 76 valence electrons. The van der Waals surface area contributed by atoms with Crippen molar-refractivity contribution in [3.63, 3.8) is 0 Å². The quantitative estimate of drug-likeness (QED) is 0.745. The Balaban J connectivity index is 1.92. The summed E-state index contributed by atoms with van der Waals surface area (Å²) in [5, 5.41) is 3.63. The Kier molecular flexibility index (Phi) is 1.71. The summed E-state index contributed by atoms with van der Waals surface area (Å²) in [6, 6.07) is 0. The molecule has 3 heteroatoms. The van der Waals surface area contributed by atoms with Crippen molar-refractivity contribution in [3.8, 4) is 0 Å². The lowest BCUT2D eigenvalue weighted by Crippen LogP contribution is -2.45. The maximum absolute atomic E-state index is 4.47. The van der Waals surface area contributed by atoms with Crippen LogP contribution >= 0.6 is 0 Å². The zero-order valence-electron chi connectivity index (χ0n) is 8.64. The first-order chi connectivity index (χ1) is 6.78. The Morgan fingerprint density at radius 2 is 2.43 bits per heavy atom. The fourth-order valence-corrected chi connectivity index (χ4v) is 2.60. The minimum absolute atomic E-state index is 0.134. The van der Waals surface area contributed by atoms with Crippen molar-refractivity contribution in [2.75, 3.05) is 6.54 Å². The Labute approximate surface area is 84.3 Å². The van der Waals surface area contributed by atoms with Gasteiger partial charge in [0.1, 0.15) is 0 Å². The van der Waals surface area contributed by atoms with E-state index in [-0.39, 0.29) is 5.54 Å². The number of nitrogens with one attached hydrogen (secondary N) is 2. The summed E-state index contributed by atoms with van der Waals surface area (Å²) in [6.45, 7) is 3.38. The van der Waals surface area contributed by atoms with Gasteiger partial charge in [-0.3, -0.25) is 0 Å². The normalized spacial score (nSPS) is 31.5. The molecular formula is C11H17N3. The monoisotopic (exact) mass is 191 g/mol. The molecule has 1 aliphatic heterocycles. The van der Waals surface area contributed by atoms with Crippen LogP contribution in [0.15, 0.2) is 6.33 Å². The van der Waals surface area contributed by atoms with E-state index in [9.17, 15) is 0 Å². The number of fused-ring (bicyclic) bond motifs is 1. The van der Waals surface area contributed by atoms with E-state index in [0.29, 0.717) is 0 Å². The third-order valence-electron chi connectivity index (χ3n) is 3.52. The minimum Gasteiger partial charge on any atom is -0.348 e. The highest BCUT2D eigenvalue weighted by atomic mass is 15.1. The number of aromatic nitrogens is 2. The van der Waals surface area contributed by atoms with Gasteiger partial charge in [0.05, 0.1) is 17.6 Å². The third kappa shape index (κ3) is 1.27. The van der Waals surface area contributed by atoms with Gasteiger partial charge in [0.2, 0.25) is 0 Å². The van der Waals surface area contributed by atoms with E-state index in [1.54, 1.807) is 0 Å². The number of nitrogens with zero attached hydrogens (tertiary/aromatic N) is 1. The fourth-order valence-electron chi connectivity index (χ4n) is 2.60. The molecule has 3 rings (SSSR count). The summed E-state index contributed by atoms with van der Waals surface area (Å²) in [5.74, 6) is 0.940. The zero-order chi connectivity index (χ0) is 9.60. The minimum atomic E-state index is 0.134.